The maximum atomic E-state index is 12.3. The van der Waals surface area contributed by atoms with Gasteiger partial charge in [0.15, 0.2) is 5.76 Å². The monoisotopic (exact) mass is 297 g/mol. The summed E-state index contributed by atoms with van der Waals surface area (Å²) < 4.78 is 10.9. The molecule has 1 N–H and O–H groups in total. The van der Waals surface area contributed by atoms with Gasteiger partial charge in [0, 0.05) is 36.6 Å². The van der Waals surface area contributed by atoms with E-state index in [4.69, 9.17) is 9.15 Å². The molecule has 22 heavy (non-hydrogen) atoms. The van der Waals surface area contributed by atoms with Crippen molar-refractivity contribution in [3.05, 3.63) is 47.7 Å². The van der Waals surface area contributed by atoms with E-state index in [0.29, 0.717) is 18.9 Å². The third kappa shape index (κ3) is 2.57. The number of carbonyl (C=O) groups is 1. The van der Waals surface area contributed by atoms with Gasteiger partial charge in [0.25, 0.3) is 5.91 Å². The summed E-state index contributed by atoms with van der Waals surface area (Å²) in [5, 5.41) is 5.99. The fourth-order valence-electron chi connectivity index (χ4n) is 2.66. The van der Waals surface area contributed by atoms with Crippen LogP contribution in [0, 0.1) is 6.92 Å². The van der Waals surface area contributed by atoms with Crippen molar-refractivity contribution in [2.24, 2.45) is 0 Å². The number of methoxy groups -OCH3 is 1. The Morgan fingerprint density at radius 1 is 1.18 bits per heavy atom. The molecule has 0 fully saturated rings. The van der Waals surface area contributed by atoms with Crippen molar-refractivity contribution in [2.45, 2.75) is 13.3 Å². The molecule has 0 atom stereocenters. The molecule has 0 aliphatic carbocycles. The third-order valence-electron chi connectivity index (χ3n) is 3.85. The summed E-state index contributed by atoms with van der Waals surface area (Å²) >= 11 is 0. The third-order valence-corrected chi connectivity index (χ3v) is 3.85. The second-order valence-corrected chi connectivity index (χ2v) is 5.32. The molecule has 0 bridgehead atoms. The Balaban J connectivity index is 1.95. The van der Waals surface area contributed by atoms with Gasteiger partial charge in [0.2, 0.25) is 0 Å². The number of amides is 1. The highest BCUT2D eigenvalue weighted by atomic mass is 16.5. The number of ether oxygens (including phenoxy) is 1. The van der Waals surface area contributed by atoms with Gasteiger partial charge in [0.1, 0.15) is 5.58 Å². The average Bonchev–Trinajstić information content (AvgIpc) is 2.89. The molecule has 114 valence electrons. The van der Waals surface area contributed by atoms with Gasteiger partial charge in [-0.25, -0.2) is 0 Å². The number of fused-ring (bicyclic) bond motifs is 3. The van der Waals surface area contributed by atoms with Crippen LogP contribution in [-0.2, 0) is 4.74 Å². The van der Waals surface area contributed by atoms with Gasteiger partial charge in [-0.1, -0.05) is 36.4 Å². The van der Waals surface area contributed by atoms with Crippen LogP contribution in [0.15, 0.2) is 40.8 Å². The van der Waals surface area contributed by atoms with E-state index in [1.165, 1.54) is 0 Å². The van der Waals surface area contributed by atoms with Crippen LogP contribution >= 0.6 is 0 Å². The minimum Gasteiger partial charge on any atom is -0.450 e. The van der Waals surface area contributed by atoms with E-state index in [9.17, 15) is 4.79 Å². The van der Waals surface area contributed by atoms with E-state index in [1.807, 2.05) is 37.3 Å². The van der Waals surface area contributed by atoms with Crippen LogP contribution in [0.25, 0.3) is 21.7 Å². The molecule has 4 nitrogen and oxygen atoms in total. The molecule has 2 aromatic carbocycles. The molecule has 1 heterocycles. The zero-order valence-corrected chi connectivity index (χ0v) is 12.8. The largest absolute Gasteiger partial charge is 0.450 e. The average molecular weight is 297 g/mol. The molecule has 3 aromatic rings. The topological polar surface area (TPSA) is 51.5 Å². The lowest BCUT2D eigenvalue weighted by molar-refractivity contribution is 0.0922. The molecule has 0 aliphatic rings. The van der Waals surface area contributed by atoms with Crippen molar-refractivity contribution >= 4 is 27.6 Å². The molecule has 3 rings (SSSR count). The Morgan fingerprint density at radius 2 is 2.00 bits per heavy atom. The quantitative estimate of drug-likeness (QED) is 0.731. The highest BCUT2D eigenvalue weighted by Gasteiger charge is 2.18. The van der Waals surface area contributed by atoms with Crippen LogP contribution in [-0.4, -0.2) is 26.2 Å². The molecule has 4 heteroatoms. The van der Waals surface area contributed by atoms with Gasteiger partial charge >= 0.3 is 0 Å². The molecule has 0 aliphatic heterocycles. The predicted molar refractivity (Wildman–Crippen MR) is 87.3 cm³/mol. The first-order valence-corrected chi connectivity index (χ1v) is 7.40. The molecule has 0 saturated heterocycles. The fraction of sp³-hybridized carbons (Fsp3) is 0.278. The number of furan rings is 1. The van der Waals surface area contributed by atoms with Crippen molar-refractivity contribution in [3.8, 4) is 0 Å². The van der Waals surface area contributed by atoms with Gasteiger partial charge in [-0.15, -0.1) is 0 Å². The molecule has 0 saturated carbocycles. The second-order valence-electron chi connectivity index (χ2n) is 5.32. The standard InChI is InChI=1S/C18H19NO3/c1-12-14-9-8-13-6-3-4-7-15(13)17(14)22-16(12)18(20)19-10-5-11-21-2/h3-4,6-9H,5,10-11H2,1-2H3,(H,19,20). The number of nitrogens with one attached hydrogen (secondary N) is 1. The first-order chi connectivity index (χ1) is 10.7. The number of aryl methyl sites for hydroxylation is 1. The van der Waals surface area contributed by atoms with Gasteiger partial charge in [-0.2, -0.15) is 0 Å². The molecule has 1 aromatic heterocycles. The summed E-state index contributed by atoms with van der Waals surface area (Å²) in [7, 11) is 1.65. The van der Waals surface area contributed by atoms with E-state index in [0.717, 1.165) is 33.7 Å². The SMILES string of the molecule is COCCCNC(=O)c1oc2c(ccc3ccccc32)c1C. The lowest BCUT2D eigenvalue weighted by atomic mass is 10.1. The van der Waals surface area contributed by atoms with Gasteiger partial charge in [-0.3, -0.25) is 4.79 Å². The van der Waals surface area contributed by atoms with Crippen molar-refractivity contribution in [3.63, 3.8) is 0 Å². The Morgan fingerprint density at radius 3 is 2.82 bits per heavy atom. The summed E-state index contributed by atoms with van der Waals surface area (Å²) in [6.45, 7) is 3.12. The summed E-state index contributed by atoms with van der Waals surface area (Å²) in [5.41, 5.74) is 1.66. The zero-order chi connectivity index (χ0) is 15.5. The van der Waals surface area contributed by atoms with Crippen molar-refractivity contribution in [2.75, 3.05) is 20.3 Å². The van der Waals surface area contributed by atoms with E-state index < -0.39 is 0 Å². The maximum absolute atomic E-state index is 12.3. The highest BCUT2D eigenvalue weighted by Crippen LogP contribution is 2.31. The van der Waals surface area contributed by atoms with Crippen molar-refractivity contribution in [1.29, 1.82) is 0 Å². The summed E-state index contributed by atoms with van der Waals surface area (Å²) in [4.78, 5) is 12.3. The molecule has 0 spiro atoms. The van der Waals surface area contributed by atoms with Gasteiger partial charge in [0.05, 0.1) is 0 Å². The normalized spacial score (nSPS) is 11.2. The summed E-state index contributed by atoms with van der Waals surface area (Å²) in [6, 6.07) is 12.1. The van der Waals surface area contributed by atoms with Crippen LogP contribution in [0.5, 0.6) is 0 Å². The van der Waals surface area contributed by atoms with Crippen LogP contribution in [0.4, 0.5) is 0 Å². The van der Waals surface area contributed by atoms with E-state index in [-0.39, 0.29) is 5.91 Å². The number of rotatable bonds is 5. The lowest BCUT2D eigenvalue weighted by Crippen LogP contribution is -2.25. The first-order valence-electron chi connectivity index (χ1n) is 7.40. The summed E-state index contributed by atoms with van der Waals surface area (Å²) in [5.74, 6) is 0.220. The van der Waals surface area contributed by atoms with Crippen molar-refractivity contribution < 1.29 is 13.9 Å². The Labute approximate surface area is 129 Å². The van der Waals surface area contributed by atoms with E-state index in [1.54, 1.807) is 7.11 Å². The van der Waals surface area contributed by atoms with Crippen molar-refractivity contribution in [1.82, 2.24) is 5.32 Å². The first kappa shape index (κ1) is 14.6. The van der Waals surface area contributed by atoms with Gasteiger partial charge in [-0.05, 0) is 18.7 Å². The summed E-state index contributed by atoms with van der Waals surface area (Å²) in [6.07, 6.45) is 0.782. The minimum atomic E-state index is -0.172. The second kappa shape index (κ2) is 6.20. The minimum absolute atomic E-state index is 0.172. The van der Waals surface area contributed by atoms with Gasteiger partial charge < -0.3 is 14.5 Å². The molecular weight excluding hydrogens is 278 g/mol. The smallest absolute Gasteiger partial charge is 0.287 e. The molecule has 1 amide bonds. The molecular formula is C18H19NO3. The van der Waals surface area contributed by atoms with Crippen LogP contribution < -0.4 is 5.32 Å². The molecule has 0 radical (unpaired) electrons. The van der Waals surface area contributed by atoms with Crippen LogP contribution in [0.2, 0.25) is 0 Å². The predicted octanol–water partition coefficient (Wildman–Crippen LogP) is 3.66. The van der Waals surface area contributed by atoms with Crippen LogP contribution in [0.1, 0.15) is 22.5 Å². The zero-order valence-electron chi connectivity index (χ0n) is 12.8. The number of hydrogen-bond acceptors (Lipinski definition) is 3. The number of carbonyl (C=O) groups excluding carboxylic acids is 1. The number of benzene rings is 2. The fourth-order valence-corrected chi connectivity index (χ4v) is 2.66. The molecule has 0 unspecified atom stereocenters. The highest BCUT2D eigenvalue weighted by molar-refractivity contribution is 6.08. The maximum Gasteiger partial charge on any atom is 0.287 e. The lowest BCUT2D eigenvalue weighted by Gasteiger charge is -2.02. The number of hydrogen-bond donors (Lipinski definition) is 1. The van der Waals surface area contributed by atoms with E-state index in [2.05, 4.69) is 11.4 Å². The van der Waals surface area contributed by atoms with Crippen LogP contribution in [0.3, 0.4) is 0 Å². The Kier molecular flexibility index (Phi) is 4.11. The Bertz CT molecular complexity index is 820. The Hall–Kier alpha value is -2.33. The van der Waals surface area contributed by atoms with E-state index >= 15 is 0 Å².